The highest BCUT2D eigenvalue weighted by atomic mass is 79.9. The van der Waals surface area contributed by atoms with Gasteiger partial charge in [0.15, 0.2) is 11.4 Å². The molecular weight excluding hydrogens is 476 g/mol. The maximum atomic E-state index is 13.4. The number of aliphatic hydroxyl groups is 1. The molecule has 0 spiro atoms. The SMILES string of the molecule is Cc1cccc(CN2C(=O)C(O)(CC(=O)c3cccc([N+](=O)[O-])c3)c3cc(Br)ccc32)c1. The van der Waals surface area contributed by atoms with Gasteiger partial charge >= 0.3 is 0 Å². The number of Topliss-reactive ketones (excluding diaryl/α,β-unsaturated/α-hetero) is 1. The van der Waals surface area contributed by atoms with E-state index in [0.29, 0.717) is 15.7 Å². The number of rotatable bonds is 6. The summed E-state index contributed by atoms with van der Waals surface area (Å²) < 4.78 is 0.655. The molecule has 1 amide bonds. The van der Waals surface area contributed by atoms with E-state index in [-0.39, 0.29) is 17.8 Å². The largest absolute Gasteiger partial charge is 0.375 e. The Morgan fingerprint density at radius 1 is 1.12 bits per heavy atom. The fraction of sp³-hybridized carbons (Fsp3) is 0.167. The summed E-state index contributed by atoms with van der Waals surface area (Å²) >= 11 is 3.37. The molecule has 0 radical (unpaired) electrons. The number of hydrogen-bond donors (Lipinski definition) is 1. The van der Waals surface area contributed by atoms with Gasteiger partial charge in [-0.2, -0.15) is 0 Å². The Morgan fingerprint density at radius 3 is 2.59 bits per heavy atom. The van der Waals surface area contributed by atoms with Crippen LogP contribution in [0.4, 0.5) is 11.4 Å². The Morgan fingerprint density at radius 2 is 1.88 bits per heavy atom. The van der Waals surface area contributed by atoms with E-state index >= 15 is 0 Å². The number of carbonyl (C=O) groups excluding carboxylic acids is 2. The van der Waals surface area contributed by atoms with Gasteiger partial charge in [0.1, 0.15) is 0 Å². The summed E-state index contributed by atoms with van der Waals surface area (Å²) in [6.07, 6.45) is -0.527. The van der Waals surface area contributed by atoms with Gasteiger partial charge < -0.3 is 10.0 Å². The van der Waals surface area contributed by atoms with Crippen molar-refractivity contribution in [1.82, 2.24) is 0 Å². The highest BCUT2D eigenvalue weighted by Crippen LogP contribution is 2.44. The lowest BCUT2D eigenvalue weighted by Gasteiger charge is -2.23. The lowest BCUT2D eigenvalue weighted by molar-refractivity contribution is -0.384. The molecule has 1 aliphatic rings. The number of nitro groups is 1. The van der Waals surface area contributed by atoms with E-state index in [1.54, 1.807) is 18.2 Å². The minimum Gasteiger partial charge on any atom is -0.375 e. The number of hydrogen-bond acceptors (Lipinski definition) is 5. The van der Waals surface area contributed by atoms with Crippen molar-refractivity contribution in [2.75, 3.05) is 4.90 Å². The zero-order valence-electron chi connectivity index (χ0n) is 17.1. The van der Waals surface area contributed by atoms with Crippen molar-refractivity contribution in [2.45, 2.75) is 25.5 Å². The smallest absolute Gasteiger partial charge is 0.270 e. The number of nitro benzene ring substituents is 1. The van der Waals surface area contributed by atoms with Crippen molar-refractivity contribution in [2.24, 2.45) is 0 Å². The second-order valence-electron chi connectivity index (χ2n) is 7.81. The zero-order chi connectivity index (χ0) is 23.0. The molecule has 0 aliphatic carbocycles. The van der Waals surface area contributed by atoms with Crippen LogP contribution in [0.15, 0.2) is 71.2 Å². The number of anilines is 1. The summed E-state index contributed by atoms with van der Waals surface area (Å²) in [7, 11) is 0. The molecule has 0 saturated heterocycles. The molecule has 7 nitrogen and oxygen atoms in total. The highest BCUT2D eigenvalue weighted by molar-refractivity contribution is 9.10. The molecule has 0 fully saturated rings. The van der Waals surface area contributed by atoms with Crippen molar-refractivity contribution < 1.29 is 19.6 Å². The summed E-state index contributed by atoms with van der Waals surface area (Å²) in [5, 5.41) is 22.5. The number of carbonyl (C=O) groups is 2. The molecule has 1 heterocycles. The topological polar surface area (TPSA) is 101 Å². The molecule has 0 aromatic heterocycles. The van der Waals surface area contributed by atoms with E-state index in [9.17, 15) is 24.8 Å². The number of nitrogens with zero attached hydrogens (tertiary/aromatic N) is 2. The van der Waals surface area contributed by atoms with Gasteiger partial charge in [-0.25, -0.2) is 0 Å². The predicted molar refractivity (Wildman–Crippen MR) is 122 cm³/mol. The fourth-order valence-corrected chi connectivity index (χ4v) is 4.33. The summed E-state index contributed by atoms with van der Waals surface area (Å²) in [5.74, 6) is -1.17. The number of halogens is 1. The van der Waals surface area contributed by atoms with Crippen LogP contribution in [-0.4, -0.2) is 21.7 Å². The van der Waals surface area contributed by atoms with Crippen molar-refractivity contribution in [3.63, 3.8) is 0 Å². The summed E-state index contributed by atoms with van der Waals surface area (Å²) in [5.41, 5.74) is 0.531. The lowest BCUT2D eigenvalue weighted by atomic mass is 9.88. The molecule has 0 saturated carbocycles. The quantitative estimate of drug-likeness (QED) is 0.304. The predicted octanol–water partition coefficient (Wildman–Crippen LogP) is 4.67. The van der Waals surface area contributed by atoms with Crippen LogP contribution in [0.5, 0.6) is 0 Å². The van der Waals surface area contributed by atoms with Gasteiger partial charge in [-0.05, 0) is 30.7 Å². The minimum atomic E-state index is -2.08. The molecule has 4 rings (SSSR count). The van der Waals surface area contributed by atoms with Gasteiger partial charge in [0.2, 0.25) is 0 Å². The van der Waals surface area contributed by atoms with E-state index in [1.165, 1.54) is 23.1 Å². The number of benzene rings is 3. The number of ketones is 1. The van der Waals surface area contributed by atoms with Crippen LogP contribution >= 0.6 is 15.9 Å². The first kappa shape index (κ1) is 21.9. The second kappa shape index (κ2) is 8.29. The molecule has 1 unspecified atom stereocenters. The molecule has 1 N–H and O–H groups in total. The monoisotopic (exact) mass is 494 g/mol. The first-order valence-corrected chi connectivity index (χ1v) is 10.7. The van der Waals surface area contributed by atoms with Gasteiger partial charge in [0, 0.05) is 27.7 Å². The zero-order valence-corrected chi connectivity index (χ0v) is 18.7. The van der Waals surface area contributed by atoms with E-state index in [1.807, 2.05) is 31.2 Å². The average molecular weight is 495 g/mol. The Bertz CT molecular complexity index is 1260. The van der Waals surface area contributed by atoms with E-state index < -0.39 is 28.6 Å². The van der Waals surface area contributed by atoms with Crippen molar-refractivity contribution in [3.05, 3.63) is 104 Å². The Kier molecular flexibility index (Phi) is 5.66. The van der Waals surface area contributed by atoms with Gasteiger partial charge in [-0.1, -0.05) is 57.9 Å². The standard InChI is InChI=1S/C24H19BrN2O5/c1-15-4-2-5-16(10-15)14-26-21-9-8-18(25)12-20(21)24(30,23(26)29)13-22(28)17-6-3-7-19(11-17)27(31)32/h2-12,30H,13-14H2,1H3. The Labute approximate surface area is 192 Å². The number of fused-ring (bicyclic) bond motifs is 1. The first-order valence-electron chi connectivity index (χ1n) is 9.86. The average Bonchev–Trinajstić information content (AvgIpc) is 2.95. The van der Waals surface area contributed by atoms with Crippen LogP contribution in [0.1, 0.15) is 33.5 Å². The van der Waals surface area contributed by atoms with Crippen molar-refractivity contribution in [3.8, 4) is 0 Å². The summed E-state index contributed by atoms with van der Waals surface area (Å²) in [4.78, 5) is 38.3. The van der Waals surface area contributed by atoms with Gasteiger partial charge in [-0.3, -0.25) is 19.7 Å². The second-order valence-corrected chi connectivity index (χ2v) is 8.73. The third kappa shape index (κ3) is 3.94. The normalized spacial score (nSPS) is 17.3. The molecule has 8 heteroatoms. The van der Waals surface area contributed by atoms with Gasteiger partial charge in [0.05, 0.1) is 23.6 Å². The summed E-state index contributed by atoms with van der Waals surface area (Å²) in [6, 6.07) is 18.1. The summed E-state index contributed by atoms with van der Waals surface area (Å²) in [6.45, 7) is 2.19. The molecule has 3 aromatic rings. The van der Waals surface area contributed by atoms with Gasteiger partial charge in [0.25, 0.3) is 11.6 Å². The molecule has 162 valence electrons. The lowest BCUT2D eigenvalue weighted by Crippen LogP contribution is -2.41. The number of aryl methyl sites for hydroxylation is 1. The Balaban J connectivity index is 1.71. The van der Waals surface area contributed by atoms with E-state index in [2.05, 4.69) is 15.9 Å². The van der Waals surface area contributed by atoms with Gasteiger partial charge in [-0.15, -0.1) is 0 Å². The molecule has 0 bridgehead atoms. The molecule has 32 heavy (non-hydrogen) atoms. The molecule has 3 aromatic carbocycles. The third-order valence-electron chi connectivity index (χ3n) is 5.51. The first-order chi connectivity index (χ1) is 15.2. The van der Waals surface area contributed by atoms with Crippen LogP contribution in [0.3, 0.4) is 0 Å². The number of amides is 1. The maximum absolute atomic E-state index is 13.4. The van der Waals surface area contributed by atoms with Crippen molar-refractivity contribution >= 4 is 39.0 Å². The highest BCUT2D eigenvalue weighted by Gasteiger charge is 2.51. The molecule has 1 aliphatic heterocycles. The maximum Gasteiger partial charge on any atom is 0.270 e. The minimum absolute atomic E-state index is 0.0640. The molecule has 1 atom stereocenters. The third-order valence-corrected chi connectivity index (χ3v) is 6.01. The van der Waals surface area contributed by atoms with Crippen LogP contribution in [-0.2, 0) is 16.9 Å². The fourth-order valence-electron chi connectivity index (χ4n) is 3.97. The van der Waals surface area contributed by atoms with E-state index in [0.717, 1.165) is 17.2 Å². The van der Waals surface area contributed by atoms with Crippen LogP contribution in [0.25, 0.3) is 0 Å². The van der Waals surface area contributed by atoms with Crippen LogP contribution < -0.4 is 4.90 Å². The van der Waals surface area contributed by atoms with E-state index in [4.69, 9.17) is 0 Å². The van der Waals surface area contributed by atoms with Crippen molar-refractivity contribution in [1.29, 1.82) is 0 Å². The van der Waals surface area contributed by atoms with Crippen LogP contribution in [0, 0.1) is 17.0 Å². The van der Waals surface area contributed by atoms with Crippen LogP contribution in [0.2, 0.25) is 0 Å². The molecular formula is C24H19BrN2O5. The number of non-ortho nitro benzene ring substituents is 1. The Hall–Kier alpha value is -3.36.